The first kappa shape index (κ1) is 21.8. The fourth-order valence-corrected chi connectivity index (χ4v) is 4.12. The minimum atomic E-state index is -0.359. The van der Waals surface area contributed by atoms with Crippen LogP contribution in [-0.2, 0) is 17.8 Å². The highest BCUT2D eigenvalue weighted by atomic mass is 32.2. The van der Waals surface area contributed by atoms with Crippen molar-refractivity contribution in [2.75, 3.05) is 5.75 Å². The topological polar surface area (TPSA) is 73.0 Å². The maximum absolute atomic E-state index is 14.5. The molecule has 1 atom stereocenters. The van der Waals surface area contributed by atoms with E-state index in [1.54, 1.807) is 30.5 Å². The minimum absolute atomic E-state index is 0.149. The zero-order valence-corrected chi connectivity index (χ0v) is 18.4. The van der Waals surface area contributed by atoms with Crippen LogP contribution in [0.15, 0.2) is 82.6 Å². The number of nitrogens with one attached hydrogen (secondary N) is 1. The Morgan fingerprint density at radius 2 is 1.88 bits per heavy atom. The molecule has 2 aromatic heterocycles. The molecule has 0 spiro atoms. The van der Waals surface area contributed by atoms with Crippen LogP contribution in [0.3, 0.4) is 0 Å². The number of carbonyl (C=O) groups excluding carboxylic acids is 1. The number of nitrogens with zero attached hydrogens (tertiary/aromatic N) is 3. The zero-order chi connectivity index (χ0) is 22.3. The van der Waals surface area contributed by atoms with Crippen molar-refractivity contribution >= 4 is 17.7 Å². The van der Waals surface area contributed by atoms with Gasteiger partial charge in [-0.25, -0.2) is 4.39 Å². The third-order valence-electron chi connectivity index (χ3n) is 4.98. The quantitative estimate of drug-likeness (QED) is 0.368. The van der Waals surface area contributed by atoms with Crippen molar-refractivity contribution in [3.8, 4) is 11.4 Å². The number of halogens is 1. The summed E-state index contributed by atoms with van der Waals surface area (Å²) in [6.07, 6.45) is 2.31. The monoisotopic (exact) mass is 450 g/mol. The second-order valence-electron chi connectivity index (χ2n) is 7.27. The maximum Gasteiger partial charge on any atom is 0.231 e. The van der Waals surface area contributed by atoms with Crippen molar-refractivity contribution in [1.82, 2.24) is 20.1 Å². The van der Waals surface area contributed by atoms with Gasteiger partial charge in [0, 0.05) is 6.54 Å². The molecule has 0 radical (unpaired) electrons. The van der Waals surface area contributed by atoms with E-state index in [2.05, 4.69) is 15.5 Å². The molecule has 0 bridgehead atoms. The summed E-state index contributed by atoms with van der Waals surface area (Å²) < 4.78 is 21.7. The summed E-state index contributed by atoms with van der Waals surface area (Å²) in [5, 5.41) is 12.0. The third-order valence-corrected chi connectivity index (χ3v) is 5.95. The molecule has 6 nitrogen and oxygen atoms in total. The van der Waals surface area contributed by atoms with Gasteiger partial charge in [0.2, 0.25) is 5.91 Å². The third kappa shape index (κ3) is 5.26. The molecule has 2 aromatic carbocycles. The highest BCUT2D eigenvalue weighted by molar-refractivity contribution is 7.99. The minimum Gasteiger partial charge on any atom is -0.467 e. The second-order valence-corrected chi connectivity index (χ2v) is 8.21. The fraction of sp³-hybridized carbons (Fsp3) is 0.208. The molecule has 0 saturated carbocycles. The van der Waals surface area contributed by atoms with Crippen LogP contribution in [0.4, 0.5) is 4.39 Å². The summed E-state index contributed by atoms with van der Waals surface area (Å²) >= 11 is 1.28. The summed E-state index contributed by atoms with van der Waals surface area (Å²) in [5.74, 6) is 0.791. The Morgan fingerprint density at radius 1 is 1.09 bits per heavy atom. The molecule has 0 aliphatic rings. The number of thioether (sulfide) groups is 1. The Kier molecular flexibility index (Phi) is 7.01. The average Bonchev–Trinajstić information content (AvgIpc) is 3.48. The molecular formula is C24H23FN4O2S. The van der Waals surface area contributed by atoms with Gasteiger partial charge in [-0.2, -0.15) is 0 Å². The molecule has 164 valence electrons. The van der Waals surface area contributed by atoms with Crippen LogP contribution in [0.5, 0.6) is 0 Å². The Balaban J connectivity index is 1.50. The molecule has 2 heterocycles. The van der Waals surface area contributed by atoms with E-state index in [-0.39, 0.29) is 23.5 Å². The molecule has 0 fully saturated rings. The summed E-state index contributed by atoms with van der Waals surface area (Å²) in [5.41, 5.74) is 1.54. The van der Waals surface area contributed by atoms with Gasteiger partial charge in [0.1, 0.15) is 11.6 Å². The SMILES string of the molecule is CC(NC(=O)CSc1nnc(-c2ccccc2F)n1CCc1ccccc1)c1ccco1. The van der Waals surface area contributed by atoms with Crippen LogP contribution in [0, 0.1) is 5.82 Å². The first-order valence-corrected chi connectivity index (χ1v) is 11.3. The predicted molar refractivity (Wildman–Crippen MR) is 122 cm³/mol. The number of hydrogen-bond donors (Lipinski definition) is 1. The van der Waals surface area contributed by atoms with Crippen LogP contribution >= 0.6 is 11.8 Å². The van der Waals surface area contributed by atoms with Gasteiger partial charge in [-0.1, -0.05) is 54.2 Å². The summed E-state index contributed by atoms with van der Waals surface area (Å²) in [7, 11) is 0. The molecule has 0 saturated heterocycles. The smallest absolute Gasteiger partial charge is 0.231 e. The number of carbonyl (C=O) groups is 1. The van der Waals surface area contributed by atoms with Crippen molar-refractivity contribution in [2.24, 2.45) is 0 Å². The zero-order valence-electron chi connectivity index (χ0n) is 17.6. The van der Waals surface area contributed by atoms with E-state index in [0.29, 0.717) is 28.8 Å². The molecular weight excluding hydrogens is 427 g/mol. The first-order valence-electron chi connectivity index (χ1n) is 10.3. The van der Waals surface area contributed by atoms with Crippen LogP contribution in [0.1, 0.15) is 24.3 Å². The molecule has 4 rings (SSSR count). The second kappa shape index (κ2) is 10.3. The molecule has 4 aromatic rings. The van der Waals surface area contributed by atoms with Gasteiger partial charge in [-0.15, -0.1) is 10.2 Å². The van der Waals surface area contributed by atoms with Crippen LogP contribution in [-0.4, -0.2) is 26.4 Å². The Bertz CT molecular complexity index is 1160. The highest BCUT2D eigenvalue weighted by Gasteiger charge is 2.19. The van der Waals surface area contributed by atoms with Gasteiger partial charge < -0.3 is 14.3 Å². The van der Waals surface area contributed by atoms with E-state index in [0.717, 1.165) is 12.0 Å². The van der Waals surface area contributed by atoms with Crippen molar-refractivity contribution in [1.29, 1.82) is 0 Å². The molecule has 0 aliphatic carbocycles. The van der Waals surface area contributed by atoms with E-state index >= 15 is 0 Å². The van der Waals surface area contributed by atoms with Gasteiger partial charge >= 0.3 is 0 Å². The number of aryl methyl sites for hydroxylation is 1. The van der Waals surface area contributed by atoms with Crippen molar-refractivity contribution in [3.05, 3.63) is 90.1 Å². The number of amides is 1. The van der Waals surface area contributed by atoms with Crippen molar-refractivity contribution in [3.63, 3.8) is 0 Å². The van der Waals surface area contributed by atoms with Crippen LogP contribution < -0.4 is 5.32 Å². The lowest BCUT2D eigenvalue weighted by molar-refractivity contribution is -0.119. The standard InChI is InChI=1S/C24H23FN4O2S/c1-17(21-12-7-15-31-21)26-22(30)16-32-24-28-27-23(19-10-5-6-11-20(19)25)29(24)14-13-18-8-3-2-4-9-18/h2-12,15,17H,13-14,16H2,1H3,(H,26,30). The molecule has 0 aliphatic heterocycles. The summed E-state index contributed by atoms with van der Waals surface area (Å²) in [4.78, 5) is 12.5. The fourth-order valence-electron chi connectivity index (χ4n) is 3.35. The molecule has 1 amide bonds. The number of hydrogen-bond acceptors (Lipinski definition) is 5. The van der Waals surface area contributed by atoms with Crippen LogP contribution in [0.2, 0.25) is 0 Å². The lowest BCUT2D eigenvalue weighted by atomic mass is 10.1. The van der Waals surface area contributed by atoms with E-state index in [4.69, 9.17) is 4.42 Å². The van der Waals surface area contributed by atoms with E-state index < -0.39 is 0 Å². The van der Waals surface area contributed by atoms with Gasteiger partial charge in [0.25, 0.3) is 0 Å². The predicted octanol–water partition coefficient (Wildman–Crippen LogP) is 4.89. The van der Waals surface area contributed by atoms with Gasteiger partial charge in [0.05, 0.1) is 23.6 Å². The molecule has 32 heavy (non-hydrogen) atoms. The van der Waals surface area contributed by atoms with Crippen LogP contribution in [0.25, 0.3) is 11.4 Å². The Labute approximate surface area is 189 Å². The number of rotatable bonds is 9. The lowest BCUT2D eigenvalue weighted by Gasteiger charge is -2.12. The normalized spacial score (nSPS) is 11.9. The maximum atomic E-state index is 14.5. The largest absolute Gasteiger partial charge is 0.467 e. The molecule has 1 N–H and O–H groups in total. The van der Waals surface area contributed by atoms with E-state index in [9.17, 15) is 9.18 Å². The Hall–Kier alpha value is -3.39. The number of benzene rings is 2. The highest BCUT2D eigenvalue weighted by Crippen LogP contribution is 2.26. The van der Waals surface area contributed by atoms with E-state index in [1.807, 2.05) is 47.9 Å². The molecule has 1 unspecified atom stereocenters. The molecule has 8 heteroatoms. The Morgan fingerprint density at radius 3 is 2.62 bits per heavy atom. The first-order chi connectivity index (χ1) is 15.6. The van der Waals surface area contributed by atoms with E-state index in [1.165, 1.54) is 17.8 Å². The number of aromatic nitrogens is 3. The summed E-state index contributed by atoms with van der Waals surface area (Å²) in [6, 6.07) is 19.9. The average molecular weight is 451 g/mol. The summed E-state index contributed by atoms with van der Waals surface area (Å²) in [6.45, 7) is 2.42. The lowest BCUT2D eigenvalue weighted by Crippen LogP contribution is -2.28. The van der Waals surface area contributed by atoms with Crippen molar-refractivity contribution < 1.29 is 13.6 Å². The van der Waals surface area contributed by atoms with Gasteiger partial charge in [-0.3, -0.25) is 4.79 Å². The van der Waals surface area contributed by atoms with Gasteiger partial charge in [-0.05, 0) is 43.2 Å². The number of furan rings is 1. The van der Waals surface area contributed by atoms with Crippen molar-refractivity contribution in [2.45, 2.75) is 31.1 Å². The van der Waals surface area contributed by atoms with Gasteiger partial charge in [0.15, 0.2) is 11.0 Å².